The van der Waals surface area contributed by atoms with E-state index in [0.29, 0.717) is 18.2 Å². The Labute approximate surface area is 141 Å². The fourth-order valence-electron chi connectivity index (χ4n) is 1.83. The number of nitrogens with one attached hydrogen (secondary N) is 1. The molecule has 1 amide bonds. The lowest BCUT2D eigenvalue weighted by molar-refractivity contribution is -0.117. The third-order valence-corrected chi connectivity index (χ3v) is 3.08. The largest absolute Gasteiger partial charge is 0.489 e. The van der Waals surface area contributed by atoms with Gasteiger partial charge in [-0.3, -0.25) is 4.79 Å². The second-order valence-electron chi connectivity index (χ2n) is 4.63. The van der Waals surface area contributed by atoms with E-state index < -0.39 is 0 Å². The summed E-state index contributed by atoms with van der Waals surface area (Å²) in [6.45, 7) is 1.24. The van der Waals surface area contributed by atoms with Crippen LogP contribution in [0.1, 0.15) is 11.1 Å². The van der Waals surface area contributed by atoms with E-state index in [-0.39, 0.29) is 24.9 Å². The molecule has 0 radical (unpaired) electrons. The summed E-state index contributed by atoms with van der Waals surface area (Å²) < 4.78 is 5.69. The third-order valence-electron chi connectivity index (χ3n) is 2.85. The van der Waals surface area contributed by atoms with Crippen molar-refractivity contribution < 1.29 is 9.53 Å². The van der Waals surface area contributed by atoms with E-state index in [1.54, 1.807) is 0 Å². The maximum Gasteiger partial charge on any atom is 0.231 e. The molecule has 0 saturated carbocycles. The highest BCUT2D eigenvalue weighted by Crippen LogP contribution is 2.16. The average molecular weight is 341 g/mol. The summed E-state index contributed by atoms with van der Waals surface area (Å²) in [4.78, 5) is 10.6. The van der Waals surface area contributed by atoms with Crippen LogP contribution in [0.25, 0.3) is 0 Å². The molecule has 3 N–H and O–H groups in total. The van der Waals surface area contributed by atoms with Gasteiger partial charge in [0, 0.05) is 11.6 Å². The van der Waals surface area contributed by atoms with Gasteiger partial charge in [-0.1, -0.05) is 35.9 Å². The minimum atomic E-state index is -0.364. The first-order valence-electron chi connectivity index (χ1n) is 6.59. The van der Waals surface area contributed by atoms with Crippen LogP contribution in [-0.4, -0.2) is 12.5 Å². The van der Waals surface area contributed by atoms with E-state index in [2.05, 4.69) is 5.32 Å². The molecular weight excluding hydrogens is 323 g/mol. The molecule has 0 aliphatic heterocycles. The average Bonchev–Trinajstić information content (AvgIpc) is 2.46. The van der Waals surface area contributed by atoms with Gasteiger partial charge in [0.1, 0.15) is 12.4 Å². The van der Waals surface area contributed by atoms with Crippen LogP contribution < -0.4 is 15.8 Å². The molecule has 0 fully saturated rings. The lowest BCUT2D eigenvalue weighted by Gasteiger charge is -2.08. The molecule has 6 heteroatoms. The van der Waals surface area contributed by atoms with Gasteiger partial charge < -0.3 is 15.8 Å². The van der Waals surface area contributed by atoms with Crippen molar-refractivity contribution in [1.29, 1.82) is 0 Å². The number of benzene rings is 2. The van der Waals surface area contributed by atoms with Crippen LogP contribution >= 0.6 is 24.0 Å². The molecule has 4 nitrogen and oxygen atoms in total. The number of hydrogen-bond donors (Lipinski definition) is 2. The molecular formula is C16H18Cl2N2O2. The van der Waals surface area contributed by atoms with Crippen molar-refractivity contribution in [2.45, 2.75) is 13.2 Å². The summed E-state index contributed by atoms with van der Waals surface area (Å²) in [5.41, 5.74) is 7.14. The van der Waals surface area contributed by atoms with Gasteiger partial charge in [0.25, 0.3) is 0 Å². The van der Waals surface area contributed by atoms with Crippen LogP contribution in [0.15, 0.2) is 48.5 Å². The van der Waals surface area contributed by atoms with Crippen molar-refractivity contribution >= 4 is 29.9 Å². The van der Waals surface area contributed by atoms with Crippen LogP contribution in [0.3, 0.4) is 0 Å². The monoisotopic (exact) mass is 340 g/mol. The maximum absolute atomic E-state index is 10.6. The predicted octanol–water partition coefficient (Wildman–Crippen LogP) is 2.92. The van der Waals surface area contributed by atoms with Crippen molar-refractivity contribution in [1.82, 2.24) is 5.32 Å². The molecule has 0 bridgehead atoms. The summed E-state index contributed by atoms with van der Waals surface area (Å²) in [5, 5.41) is 3.66. The highest BCUT2D eigenvalue weighted by molar-refractivity contribution is 6.30. The van der Waals surface area contributed by atoms with Gasteiger partial charge in [0.2, 0.25) is 5.91 Å². The Morgan fingerprint density at radius 2 is 1.86 bits per heavy atom. The summed E-state index contributed by atoms with van der Waals surface area (Å²) in [6, 6.07) is 15.3. The molecule has 0 atom stereocenters. The molecule has 2 aromatic rings. The predicted molar refractivity (Wildman–Crippen MR) is 90.4 cm³/mol. The maximum atomic E-state index is 10.6. The van der Waals surface area contributed by atoms with Gasteiger partial charge in [0.15, 0.2) is 0 Å². The second-order valence-corrected chi connectivity index (χ2v) is 5.07. The van der Waals surface area contributed by atoms with Crippen LogP contribution in [0, 0.1) is 0 Å². The molecule has 118 valence electrons. The minimum absolute atomic E-state index is 0. The number of ether oxygens (including phenoxy) is 1. The quantitative estimate of drug-likeness (QED) is 0.814. The van der Waals surface area contributed by atoms with E-state index in [9.17, 15) is 4.79 Å². The Balaban J connectivity index is 0.00000242. The molecule has 0 heterocycles. The Morgan fingerprint density at radius 3 is 2.50 bits per heavy atom. The fourth-order valence-corrected chi connectivity index (χ4v) is 2.04. The summed E-state index contributed by atoms with van der Waals surface area (Å²) in [5.74, 6) is 0.421. The van der Waals surface area contributed by atoms with Crippen molar-refractivity contribution in [3.05, 3.63) is 64.7 Å². The molecule has 0 aliphatic rings. The highest BCUT2D eigenvalue weighted by Gasteiger charge is 1.99. The number of carbonyl (C=O) groups is 1. The lowest BCUT2D eigenvalue weighted by Crippen LogP contribution is -2.28. The van der Waals surface area contributed by atoms with Crippen molar-refractivity contribution in [2.75, 3.05) is 6.54 Å². The van der Waals surface area contributed by atoms with E-state index >= 15 is 0 Å². The topological polar surface area (TPSA) is 64.4 Å². The third kappa shape index (κ3) is 6.35. The number of primary amides is 1. The molecule has 0 unspecified atom stereocenters. The normalized spacial score (nSPS) is 9.86. The Hall–Kier alpha value is -1.75. The van der Waals surface area contributed by atoms with Gasteiger partial charge in [-0.05, 0) is 35.4 Å². The number of amides is 1. The standard InChI is InChI=1S/C16H17ClN2O2.ClH/c17-14-3-1-2-13(8-14)11-21-15-6-4-12(5-7-15)9-19-10-16(18)20;/h1-8,19H,9-11H2,(H2,18,20);1H. The molecule has 0 spiro atoms. The Kier molecular flexibility index (Phi) is 7.74. The zero-order chi connectivity index (χ0) is 15.1. The number of hydrogen-bond acceptors (Lipinski definition) is 3. The van der Waals surface area contributed by atoms with Gasteiger partial charge in [0.05, 0.1) is 6.54 Å². The van der Waals surface area contributed by atoms with E-state index in [1.807, 2.05) is 48.5 Å². The molecule has 0 aromatic heterocycles. The van der Waals surface area contributed by atoms with Crippen molar-refractivity contribution in [3.63, 3.8) is 0 Å². The van der Waals surface area contributed by atoms with Gasteiger partial charge in [-0.2, -0.15) is 0 Å². The summed E-state index contributed by atoms with van der Waals surface area (Å²) >= 11 is 5.92. The highest BCUT2D eigenvalue weighted by atomic mass is 35.5. The van der Waals surface area contributed by atoms with E-state index in [1.165, 1.54) is 0 Å². The zero-order valence-corrected chi connectivity index (χ0v) is 13.5. The summed E-state index contributed by atoms with van der Waals surface area (Å²) in [6.07, 6.45) is 0. The van der Waals surface area contributed by atoms with Gasteiger partial charge >= 0.3 is 0 Å². The molecule has 2 rings (SSSR count). The number of nitrogens with two attached hydrogens (primary N) is 1. The Morgan fingerprint density at radius 1 is 1.14 bits per heavy atom. The number of rotatable bonds is 7. The SMILES string of the molecule is Cl.NC(=O)CNCc1ccc(OCc2cccc(Cl)c2)cc1. The first-order valence-corrected chi connectivity index (χ1v) is 6.96. The van der Waals surface area contributed by atoms with E-state index in [0.717, 1.165) is 16.9 Å². The van der Waals surface area contributed by atoms with Crippen LogP contribution in [0.4, 0.5) is 0 Å². The number of carbonyl (C=O) groups excluding carboxylic acids is 1. The van der Waals surface area contributed by atoms with Crippen molar-refractivity contribution in [3.8, 4) is 5.75 Å². The smallest absolute Gasteiger partial charge is 0.231 e. The van der Waals surface area contributed by atoms with Crippen LogP contribution in [0.2, 0.25) is 5.02 Å². The summed E-state index contributed by atoms with van der Waals surface area (Å²) in [7, 11) is 0. The lowest BCUT2D eigenvalue weighted by atomic mass is 10.2. The molecule has 0 saturated heterocycles. The Bertz CT molecular complexity index is 603. The minimum Gasteiger partial charge on any atom is -0.489 e. The van der Waals surface area contributed by atoms with E-state index in [4.69, 9.17) is 22.1 Å². The van der Waals surface area contributed by atoms with Crippen LogP contribution in [-0.2, 0) is 17.9 Å². The van der Waals surface area contributed by atoms with Crippen LogP contribution in [0.5, 0.6) is 5.75 Å². The molecule has 0 aliphatic carbocycles. The zero-order valence-electron chi connectivity index (χ0n) is 11.9. The van der Waals surface area contributed by atoms with Crippen molar-refractivity contribution in [2.24, 2.45) is 5.73 Å². The number of halogens is 2. The van der Waals surface area contributed by atoms with Gasteiger partial charge in [-0.25, -0.2) is 0 Å². The molecule has 22 heavy (non-hydrogen) atoms. The first kappa shape index (κ1) is 18.3. The first-order chi connectivity index (χ1) is 10.1. The van der Waals surface area contributed by atoms with Gasteiger partial charge in [-0.15, -0.1) is 12.4 Å². The fraction of sp³-hybridized carbons (Fsp3) is 0.188. The second kappa shape index (κ2) is 9.30. The molecule has 2 aromatic carbocycles.